The van der Waals surface area contributed by atoms with Gasteiger partial charge in [0.1, 0.15) is 0 Å². The molecule has 0 radical (unpaired) electrons. The minimum atomic E-state index is 0.235. The number of aromatic nitrogens is 1. The molecule has 1 aromatic heterocycles. The average molecular weight is 163 g/mol. The Kier molecular flexibility index (Phi) is 2.22. The lowest BCUT2D eigenvalue weighted by molar-refractivity contribution is 0.587. The monoisotopic (exact) mass is 163 g/mol. The molecule has 1 nitrogen and oxygen atoms in total. The van der Waals surface area contributed by atoms with Gasteiger partial charge in [0.05, 0.1) is 0 Å². The van der Waals surface area contributed by atoms with Crippen LogP contribution < -0.4 is 0 Å². The second-order valence-electron chi connectivity index (χ2n) is 4.39. The second kappa shape index (κ2) is 2.89. The van der Waals surface area contributed by atoms with Crippen LogP contribution >= 0.6 is 0 Å². The Hall–Kier alpha value is -0.850. The third kappa shape index (κ3) is 2.07. The molecule has 1 aromatic rings. The molecule has 0 spiro atoms. The Morgan fingerprint density at radius 3 is 1.75 bits per heavy atom. The SMILES string of the molecule is Cc1cc(C(C)(C)C)cc(C)n1. The standard InChI is InChI=1S/C11H17N/c1-8-6-10(11(3,4)5)7-9(2)12-8/h6-7H,1-5H3. The molecular formula is C11H17N. The van der Waals surface area contributed by atoms with E-state index < -0.39 is 0 Å². The van der Waals surface area contributed by atoms with Crippen LogP contribution in [0.3, 0.4) is 0 Å². The van der Waals surface area contributed by atoms with E-state index in [1.165, 1.54) is 5.56 Å². The summed E-state index contributed by atoms with van der Waals surface area (Å²) in [5.41, 5.74) is 3.82. The Labute approximate surface area is 74.8 Å². The molecular weight excluding hydrogens is 146 g/mol. The molecule has 0 fully saturated rings. The third-order valence-corrected chi connectivity index (χ3v) is 1.95. The molecule has 0 amide bonds. The topological polar surface area (TPSA) is 12.9 Å². The fourth-order valence-corrected chi connectivity index (χ4v) is 1.27. The first kappa shape index (κ1) is 9.24. The van der Waals surface area contributed by atoms with Crippen LogP contribution in [-0.4, -0.2) is 4.98 Å². The van der Waals surface area contributed by atoms with Gasteiger partial charge in [-0.25, -0.2) is 0 Å². The maximum atomic E-state index is 4.35. The predicted molar refractivity (Wildman–Crippen MR) is 52.4 cm³/mol. The fourth-order valence-electron chi connectivity index (χ4n) is 1.27. The molecule has 1 rings (SSSR count). The van der Waals surface area contributed by atoms with Crippen molar-refractivity contribution in [3.05, 3.63) is 29.1 Å². The molecule has 1 heterocycles. The minimum absolute atomic E-state index is 0.235. The Morgan fingerprint density at radius 1 is 1.00 bits per heavy atom. The number of hydrogen-bond donors (Lipinski definition) is 0. The van der Waals surface area contributed by atoms with Crippen LogP contribution in [0.15, 0.2) is 12.1 Å². The van der Waals surface area contributed by atoms with Gasteiger partial charge in [0, 0.05) is 11.4 Å². The van der Waals surface area contributed by atoms with Gasteiger partial charge in [0.2, 0.25) is 0 Å². The summed E-state index contributed by atoms with van der Waals surface area (Å²) in [4.78, 5) is 4.35. The lowest BCUT2D eigenvalue weighted by atomic mass is 9.87. The van der Waals surface area contributed by atoms with Gasteiger partial charge in [-0.15, -0.1) is 0 Å². The summed E-state index contributed by atoms with van der Waals surface area (Å²) in [7, 11) is 0. The highest BCUT2D eigenvalue weighted by Gasteiger charge is 2.13. The van der Waals surface area contributed by atoms with Crippen LogP contribution in [0.5, 0.6) is 0 Å². The first-order chi connectivity index (χ1) is 5.39. The zero-order chi connectivity index (χ0) is 9.35. The predicted octanol–water partition coefficient (Wildman–Crippen LogP) is 3.00. The van der Waals surface area contributed by atoms with E-state index in [-0.39, 0.29) is 5.41 Å². The summed E-state index contributed by atoms with van der Waals surface area (Å²) in [6.07, 6.45) is 0. The molecule has 0 saturated carbocycles. The van der Waals surface area contributed by atoms with Crippen LogP contribution in [-0.2, 0) is 5.41 Å². The Morgan fingerprint density at radius 2 is 1.42 bits per heavy atom. The number of nitrogens with zero attached hydrogens (tertiary/aromatic N) is 1. The normalized spacial score (nSPS) is 11.8. The molecule has 66 valence electrons. The number of pyridine rings is 1. The molecule has 12 heavy (non-hydrogen) atoms. The number of aryl methyl sites for hydroxylation is 2. The fraction of sp³-hybridized carbons (Fsp3) is 0.545. The summed E-state index contributed by atoms with van der Waals surface area (Å²) in [5.74, 6) is 0. The molecule has 1 heteroatoms. The van der Waals surface area contributed by atoms with Crippen molar-refractivity contribution >= 4 is 0 Å². The van der Waals surface area contributed by atoms with E-state index in [1.54, 1.807) is 0 Å². The van der Waals surface area contributed by atoms with Crippen molar-refractivity contribution in [2.75, 3.05) is 0 Å². The number of rotatable bonds is 0. The van der Waals surface area contributed by atoms with Crippen LogP contribution in [0.1, 0.15) is 37.7 Å². The van der Waals surface area contributed by atoms with Gasteiger partial charge in [-0.05, 0) is 37.0 Å². The maximum Gasteiger partial charge on any atom is 0.0378 e. The third-order valence-electron chi connectivity index (χ3n) is 1.95. The first-order valence-electron chi connectivity index (χ1n) is 4.35. The molecule has 0 N–H and O–H groups in total. The van der Waals surface area contributed by atoms with E-state index in [0.717, 1.165) is 11.4 Å². The second-order valence-corrected chi connectivity index (χ2v) is 4.39. The van der Waals surface area contributed by atoms with E-state index in [1.807, 2.05) is 13.8 Å². The molecule has 0 unspecified atom stereocenters. The van der Waals surface area contributed by atoms with Gasteiger partial charge < -0.3 is 0 Å². The summed E-state index contributed by atoms with van der Waals surface area (Å²) in [6, 6.07) is 4.32. The molecule has 0 aliphatic heterocycles. The van der Waals surface area contributed by atoms with E-state index in [0.29, 0.717) is 0 Å². The molecule has 0 aliphatic rings. The average Bonchev–Trinajstić information content (AvgIpc) is 1.82. The molecule has 0 atom stereocenters. The summed E-state index contributed by atoms with van der Waals surface area (Å²) >= 11 is 0. The maximum absolute atomic E-state index is 4.35. The highest BCUT2D eigenvalue weighted by atomic mass is 14.7. The zero-order valence-corrected chi connectivity index (χ0v) is 8.60. The molecule has 0 bridgehead atoms. The smallest absolute Gasteiger partial charge is 0.0378 e. The largest absolute Gasteiger partial charge is 0.258 e. The lowest BCUT2D eigenvalue weighted by Crippen LogP contribution is -2.12. The van der Waals surface area contributed by atoms with Crippen LogP contribution in [0, 0.1) is 13.8 Å². The summed E-state index contributed by atoms with van der Waals surface area (Å²) in [6.45, 7) is 10.8. The van der Waals surface area contributed by atoms with Crippen molar-refractivity contribution < 1.29 is 0 Å². The van der Waals surface area contributed by atoms with Crippen LogP contribution in [0.4, 0.5) is 0 Å². The Bertz CT molecular complexity index is 261. The summed E-state index contributed by atoms with van der Waals surface area (Å²) < 4.78 is 0. The van der Waals surface area contributed by atoms with E-state index >= 15 is 0 Å². The molecule has 0 aliphatic carbocycles. The minimum Gasteiger partial charge on any atom is -0.258 e. The molecule has 0 aromatic carbocycles. The van der Waals surface area contributed by atoms with Gasteiger partial charge in [0.25, 0.3) is 0 Å². The van der Waals surface area contributed by atoms with Gasteiger partial charge in [-0.2, -0.15) is 0 Å². The van der Waals surface area contributed by atoms with E-state index in [2.05, 4.69) is 37.9 Å². The van der Waals surface area contributed by atoms with Crippen LogP contribution in [0.25, 0.3) is 0 Å². The van der Waals surface area contributed by atoms with E-state index in [4.69, 9.17) is 0 Å². The summed E-state index contributed by atoms with van der Waals surface area (Å²) in [5, 5.41) is 0. The first-order valence-corrected chi connectivity index (χ1v) is 4.35. The van der Waals surface area contributed by atoms with Gasteiger partial charge in [-0.1, -0.05) is 20.8 Å². The quantitative estimate of drug-likeness (QED) is 0.573. The van der Waals surface area contributed by atoms with Gasteiger partial charge in [0.15, 0.2) is 0 Å². The zero-order valence-electron chi connectivity index (χ0n) is 8.60. The molecule has 0 saturated heterocycles. The van der Waals surface area contributed by atoms with Gasteiger partial charge in [-0.3, -0.25) is 4.98 Å². The lowest BCUT2D eigenvalue weighted by Gasteiger charge is -2.19. The van der Waals surface area contributed by atoms with Gasteiger partial charge >= 0.3 is 0 Å². The van der Waals surface area contributed by atoms with Crippen LogP contribution in [0.2, 0.25) is 0 Å². The van der Waals surface area contributed by atoms with Crippen molar-refractivity contribution in [2.24, 2.45) is 0 Å². The highest BCUT2D eigenvalue weighted by molar-refractivity contribution is 5.26. The van der Waals surface area contributed by atoms with Crippen molar-refractivity contribution in [2.45, 2.75) is 40.0 Å². The van der Waals surface area contributed by atoms with Crippen molar-refractivity contribution in [3.63, 3.8) is 0 Å². The highest BCUT2D eigenvalue weighted by Crippen LogP contribution is 2.22. The Balaban J connectivity index is 3.18. The van der Waals surface area contributed by atoms with Crippen molar-refractivity contribution in [1.82, 2.24) is 4.98 Å². The van der Waals surface area contributed by atoms with Crippen molar-refractivity contribution in [3.8, 4) is 0 Å². The number of hydrogen-bond acceptors (Lipinski definition) is 1. The van der Waals surface area contributed by atoms with Crippen molar-refractivity contribution in [1.29, 1.82) is 0 Å². The van der Waals surface area contributed by atoms with E-state index in [9.17, 15) is 0 Å².